The minimum Gasteiger partial charge on any atom is -0.310 e. The fourth-order valence-electron chi connectivity index (χ4n) is 2.94. The number of hydrogen-bond donors (Lipinski definition) is 0. The molecule has 17 heavy (non-hydrogen) atoms. The third-order valence-electron chi connectivity index (χ3n) is 4.17. The molecule has 1 spiro atoms. The zero-order valence-corrected chi connectivity index (χ0v) is 11.9. The summed E-state index contributed by atoms with van der Waals surface area (Å²) in [5.74, 6) is 0. The standard InChI is InChI=1S/C12H21N3.C2H6/c1-11(2)15-7-4-12(5-8-15)3-6-14(9-12)10-13;1-2/h11H,3-9H2,1-2H3;1-2H3. The molecule has 0 aromatic rings. The number of likely N-dealkylation sites (tertiary alicyclic amines) is 2. The van der Waals surface area contributed by atoms with Gasteiger partial charge in [-0.15, -0.1) is 0 Å². The summed E-state index contributed by atoms with van der Waals surface area (Å²) >= 11 is 0. The van der Waals surface area contributed by atoms with Crippen molar-refractivity contribution in [3.05, 3.63) is 0 Å². The van der Waals surface area contributed by atoms with Crippen LogP contribution in [0.2, 0.25) is 0 Å². The molecular formula is C14H27N3. The smallest absolute Gasteiger partial charge is 0.179 e. The molecule has 0 atom stereocenters. The highest BCUT2D eigenvalue weighted by atomic mass is 15.2. The maximum atomic E-state index is 8.89. The van der Waals surface area contributed by atoms with Crippen LogP contribution in [0, 0.1) is 16.9 Å². The van der Waals surface area contributed by atoms with Crippen molar-refractivity contribution in [1.82, 2.24) is 9.80 Å². The number of hydrogen-bond acceptors (Lipinski definition) is 3. The molecule has 0 bridgehead atoms. The molecule has 0 aliphatic carbocycles. The minimum atomic E-state index is 0.473. The Balaban J connectivity index is 0.000000686. The molecular weight excluding hydrogens is 210 g/mol. The van der Waals surface area contributed by atoms with E-state index in [1.165, 1.54) is 32.4 Å². The molecule has 2 rings (SSSR count). The Bertz CT molecular complexity index is 259. The number of piperidine rings is 1. The maximum absolute atomic E-state index is 8.89. The van der Waals surface area contributed by atoms with Gasteiger partial charge in [-0.3, -0.25) is 0 Å². The van der Waals surface area contributed by atoms with E-state index in [1.54, 1.807) is 0 Å². The normalized spacial score (nSPS) is 23.4. The summed E-state index contributed by atoms with van der Waals surface area (Å²) in [5.41, 5.74) is 0.473. The van der Waals surface area contributed by atoms with Crippen molar-refractivity contribution in [2.75, 3.05) is 26.2 Å². The fraction of sp³-hybridized carbons (Fsp3) is 0.929. The lowest BCUT2D eigenvalue weighted by Gasteiger charge is -2.40. The lowest BCUT2D eigenvalue weighted by atomic mass is 9.77. The van der Waals surface area contributed by atoms with E-state index in [2.05, 4.69) is 24.9 Å². The van der Waals surface area contributed by atoms with Gasteiger partial charge in [-0.25, -0.2) is 0 Å². The molecule has 0 saturated carbocycles. The van der Waals surface area contributed by atoms with Crippen molar-refractivity contribution in [3.8, 4) is 6.19 Å². The van der Waals surface area contributed by atoms with Gasteiger partial charge in [0.25, 0.3) is 0 Å². The SMILES string of the molecule is CC.CC(C)N1CCC2(CCN(C#N)C2)CC1. The molecule has 0 unspecified atom stereocenters. The van der Waals surface area contributed by atoms with E-state index in [4.69, 9.17) is 5.26 Å². The first-order valence-electron chi connectivity index (χ1n) is 7.04. The van der Waals surface area contributed by atoms with E-state index in [0.717, 1.165) is 13.1 Å². The quantitative estimate of drug-likeness (QED) is 0.657. The van der Waals surface area contributed by atoms with E-state index < -0.39 is 0 Å². The van der Waals surface area contributed by atoms with Crippen molar-refractivity contribution >= 4 is 0 Å². The minimum absolute atomic E-state index is 0.473. The highest BCUT2D eigenvalue weighted by Gasteiger charge is 2.40. The molecule has 0 radical (unpaired) electrons. The summed E-state index contributed by atoms with van der Waals surface area (Å²) in [6.45, 7) is 13.0. The Labute approximate surface area is 106 Å². The van der Waals surface area contributed by atoms with Gasteiger partial charge in [-0.1, -0.05) is 13.8 Å². The first kappa shape index (κ1) is 14.3. The monoisotopic (exact) mass is 237 g/mol. The molecule has 0 aromatic carbocycles. The van der Waals surface area contributed by atoms with E-state index in [0.29, 0.717) is 11.5 Å². The van der Waals surface area contributed by atoms with Crippen molar-refractivity contribution in [1.29, 1.82) is 5.26 Å². The van der Waals surface area contributed by atoms with Crippen LogP contribution in [-0.4, -0.2) is 42.0 Å². The van der Waals surface area contributed by atoms with Crippen LogP contribution >= 0.6 is 0 Å². The maximum Gasteiger partial charge on any atom is 0.179 e. The lowest BCUT2D eigenvalue weighted by Crippen LogP contribution is -2.44. The van der Waals surface area contributed by atoms with Gasteiger partial charge in [-0.05, 0) is 51.6 Å². The molecule has 98 valence electrons. The average Bonchev–Trinajstić information content (AvgIpc) is 2.76. The summed E-state index contributed by atoms with van der Waals surface area (Å²) in [6, 6.07) is 0.677. The average molecular weight is 237 g/mol. The molecule has 3 nitrogen and oxygen atoms in total. The Morgan fingerprint density at radius 1 is 1.06 bits per heavy atom. The molecule has 2 fully saturated rings. The van der Waals surface area contributed by atoms with Crippen molar-refractivity contribution in [2.45, 2.75) is 53.0 Å². The van der Waals surface area contributed by atoms with E-state index in [9.17, 15) is 0 Å². The third-order valence-corrected chi connectivity index (χ3v) is 4.17. The second-order valence-electron chi connectivity index (χ2n) is 5.40. The topological polar surface area (TPSA) is 30.3 Å². The molecule has 0 N–H and O–H groups in total. The van der Waals surface area contributed by atoms with Gasteiger partial charge in [0.15, 0.2) is 6.19 Å². The van der Waals surface area contributed by atoms with Crippen LogP contribution in [0.5, 0.6) is 0 Å². The summed E-state index contributed by atoms with van der Waals surface area (Å²) in [5, 5.41) is 8.89. The highest BCUT2D eigenvalue weighted by Crippen LogP contribution is 2.40. The van der Waals surface area contributed by atoms with Crippen molar-refractivity contribution in [3.63, 3.8) is 0 Å². The largest absolute Gasteiger partial charge is 0.310 e. The van der Waals surface area contributed by atoms with Crippen molar-refractivity contribution in [2.24, 2.45) is 5.41 Å². The highest BCUT2D eigenvalue weighted by molar-refractivity contribution is 4.97. The Kier molecular flexibility index (Phi) is 5.27. The molecule has 3 heteroatoms. The second kappa shape index (κ2) is 6.26. The van der Waals surface area contributed by atoms with Gasteiger partial charge in [-0.2, -0.15) is 5.26 Å². The molecule has 2 saturated heterocycles. The summed E-state index contributed by atoms with van der Waals surface area (Å²) in [6.07, 6.45) is 6.08. The molecule has 2 heterocycles. The second-order valence-corrected chi connectivity index (χ2v) is 5.40. The van der Waals surface area contributed by atoms with Gasteiger partial charge in [0, 0.05) is 19.1 Å². The molecule has 2 aliphatic heterocycles. The molecule has 0 amide bonds. The van der Waals surface area contributed by atoms with Gasteiger partial charge in [0.1, 0.15) is 0 Å². The lowest BCUT2D eigenvalue weighted by molar-refractivity contribution is 0.0909. The number of rotatable bonds is 1. The van der Waals surface area contributed by atoms with Crippen LogP contribution in [0.1, 0.15) is 47.0 Å². The summed E-state index contributed by atoms with van der Waals surface area (Å²) < 4.78 is 0. The Morgan fingerprint density at radius 3 is 2.00 bits per heavy atom. The number of nitrogens with zero attached hydrogens (tertiary/aromatic N) is 3. The predicted octanol–water partition coefficient (Wildman–Crippen LogP) is 2.69. The van der Waals surface area contributed by atoms with Gasteiger partial charge in [0.05, 0.1) is 0 Å². The molecule has 0 aromatic heterocycles. The zero-order valence-electron chi connectivity index (χ0n) is 11.9. The van der Waals surface area contributed by atoms with Crippen LogP contribution in [0.3, 0.4) is 0 Å². The van der Waals surface area contributed by atoms with Crippen molar-refractivity contribution < 1.29 is 0 Å². The first-order valence-corrected chi connectivity index (χ1v) is 7.04. The van der Waals surface area contributed by atoms with E-state index in [1.807, 2.05) is 18.7 Å². The summed E-state index contributed by atoms with van der Waals surface area (Å²) in [4.78, 5) is 4.49. The van der Waals surface area contributed by atoms with Crippen LogP contribution in [0.15, 0.2) is 0 Å². The molecule has 2 aliphatic rings. The van der Waals surface area contributed by atoms with E-state index >= 15 is 0 Å². The van der Waals surface area contributed by atoms with Gasteiger partial charge < -0.3 is 9.80 Å². The zero-order chi connectivity index (χ0) is 12.9. The third kappa shape index (κ3) is 3.35. The van der Waals surface area contributed by atoms with Crippen LogP contribution < -0.4 is 0 Å². The van der Waals surface area contributed by atoms with Gasteiger partial charge >= 0.3 is 0 Å². The predicted molar refractivity (Wildman–Crippen MR) is 71.5 cm³/mol. The summed E-state index contributed by atoms with van der Waals surface area (Å²) in [7, 11) is 0. The first-order chi connectivity index (χ1) is 8.15. The Hall–Kier alpha value is -0.750. The van der Waals surface area contributed by atoms with Crippen LogP contribution in [-0.2, 0) is 0 Å². The van der Waals surface area contributed by atoms with Crippen LogP contribution in [0.25, 0.3) is 0 Å². The number of nitriles is 1. The Morgan fingerprint density at radius 2 is 1.59 bits per heavy atom. The van der Waals surface area contributed by atoms with Crippen LogP contribution in [0.4, 0.5) is 0 Å². The van der Waals surface area contributed by atoms with Gasteiger partial charge in [0.2, 0.25) is 0 Å². The van der Waals surface area contributed by atoms with E-state index in [-0.39, 0.29) is 0 Å². The fourth-order valence-corrected chi connectivity index (χ4v) is 2.94.